The lowest BCUT2D eigenvalue weighted by atomic mass is 9.34. The molecule has 0 unspecified atom stereocenters. The first-order valence-corrected chi connectivity index (χ1v) is 5.47. The zero-order chi connectivity index (χ0) is 10.7. The SMILES string of the molecule is Cc1ccc(C23CC(CO)(C2)C3)c(F)c1. The van der Waals surface area contributed by atoms with Crippen molar-refractivity contribution < 1.29 is 9.50 Å². The van der Waals surface area contributed by atoms with Crippen LogP contribution in [0.25, 0.3) is 0 Å². The third kappa shape index (κ3) is 1.06. The van der Waals surface area contributed by atoms with Gasteiger partial charge in [-0.2, -0.15) is 0 Å². The van der Waals surface area contributed by atoms with E-state index in [1.165, 1.54) is 0 Å². The summed E-state index contributed by atoms with van der Waals surface area (Å²) in [5, 5.41) is 9.16. The number of aliphatic hydroxyl groups is 1. The van der Waals surface area contributed by atoms with Crippen LogP contribution >= 0.6 is 0 Å². The second-order valence-corrected chi connectivity index (χ2v) is 5.45. The monoisotopic (exact) mass is 206 g/mol. The molecule has 0 atom stereocenters. The van der Waals surface area contributed by atoms with Gasteiger partial charge >= 0.3 is 0 Å². The maximum absolute atomic E-state index is 13.8. The zero-order valence-electron chi connectivity index (χ0n) is 8.89. The molecular weight excluding hydrogens is 191 g/mol. The number of hydrogen-bond acceptors (Lipinski definition) is 1. The van der Waals surface area contributed by atoms with E-state index >= 15 is 0 Å². The van der Waals surface area contributed by atoms with Crippen LogP contribution in [0.1, 0.15) is 30.4 Å². The number of aryl methyl sites for hydroxylation is 1. The molecule has 1 aromatic rings. The molecule has 4 rings (SSSR count). The summed E-state index contributed by atoms with van der Waals surface area (Å²) in [6.45, 7) is 2.17. The highest BCUT2D eigenvalue weighted by Gasteiger charge is 2.68. The Bertz CT molecular complexity index is 405. The summed E-state index contributed by atoms with van der Waals surface area (Å²) < 4.78 is 13.8. The predicted octanol–water partition coefficient (Wildman–Crippen LogP) is 2.55. The Morgan fingerprint density at radius 1 is 1.33 bits per heavy atom. The molecule has 3 saturated carbocycles. The second kappa shape index (κ2) is 2.62. The smallest absolute Gasteiger partial charge is 0.127 e. The van der Waals surface area contributed by atoms with Crippen molar-refractivity contribution in [3.63, 3.8) is 0 Å². The molecule has 0 saturated heterocycles. The lowest BCUT2D eigenvalue weighted by Gasteiger charge is -2.70. The van der Waals surface area contributed by atoms with E-state index in [1.54, 1.807) is 6.07 Å². The first-order chi connectivity index (χ1) is 7.09. The van der Waals surface area contributed by atoms with Gasteiger partial charge in [0.1, 0.15) is 5.82 Å². The van der Waals surface area contributed by atoms with Crippen LogP contribution in [0.3, 0.4) is 0 Å². The predicted molar refractivity (Wildman–Crippen MR) is 56.2 cm³/mol. The molecule has 1 nitrogen and oxygen atoms in total. The van der Waals surface area contributed by atoms with Gasteiger partial charge in [0.2, 0.25) is 0 Å². The van der Waals surface area contributed by atoms with Gasteiger partial charge in [0.25, 0.3) is 0 Å². The third-order valence-electron chi connectivity index (χ3n) is 4.17. The van der Waals surface area contributed by atoms with Gasteiger partial charge in [0.05, 0.1) is 0 Å². The van der Waals surface area contributed by atoms with Crippen LogP contribution in [0.15, 0.2) is 18.2 Å². The standard InChI is InChI=1S/C13H15FO/c1-9-2-3-10(11(14)4-9)13-5-12(6-13,7-13)8-15/h2-4,15H,5-8H2,1H3. The molecule has 2 bridgehead atoms. The maximum Gasteiger partial charge on any atom is 0.127 e. The highest BCUT2D eigenvalue weighted by Crippen LogP contribution is 2.73. The van der Waals surface area contributed by atoms with E-state index in [4.69, 9.17) is 5.11 Å². The minimum absolute atomic E-state index is 0.0683. The topological polar surface area (TPSA) is 20.2 Å². The summed E-state index contributed by atoms with van der Waals surface area (Å²) in [6.07, 6.45) is 2.91. The number of rotatable bonds is 2. The summed E-state index contributed by atoms with van der Waals surface area (Å²) in [7, 11) is 0. The normalized spacial score (nSPS) is 37.0. The summed E-state index contributed by atoms with van der Waals surface area (Å²) in [5.74, 6) is -0.0683. The highest BCUT2D eigenvalue weighted by molar-refractivity contribution is 5.40. The second-order valence-electron chi connectivity index (χ2n) is 5.45. The van der Waals surface area contributed by atoms with Crippen molar-refractivity contribution in [2.45, 2.75) is 31.6 Å². The highest BCUT2D eigenvalue weighted by atomic mass is 19.1. The van der Waals surface area contributed by atoms with Gasteiger partial charge in [0, 0.05) is 12.0 Å². The number of hydrogen-bond donors (Lipinski definition) is 1. The largest absolute Gasteiger partial charge is 0.396 e. The Morgan fingerprint density at radius 2 is 2.00 bits per heavy atom. The molecule has 80 valence electrons. The Morgan fingerprint density at radius 3 is 2.53 bits per heavy atom. The number of halogens is 1. The first-order valence-electron chi connectivity index (χ1n) is 5.47. The van der Waals surface area contributed by atoms with E-state index in [0.717, 1.165) is 30.4 Å². The van der Waals surface area contributed by atoms with Gasteiger partial charge in [-0.3, -0.25) is 0 Å². The van der Waals surface area contributed by atoms with Crippen molar-refractivity contribution in [2.75, 3.05) is 6.61 Å². The quantitative estimate of drug-likeness (QED) is 0.788. The fourth-order valence-corrected chi connectivity index (χ4v) is 3.50. The molecule has 3 aliphatic rings. The molecule has 0 radical (unpaired) electrons. The summed E-state index contributed by atoms with van der Waals surface area (Å²) in [4.78, 5) is 0. The number of benzene rings is 1. The molecule has 0 aliphatic heterocycles. The Labute approximate surface area is 88.9 Å². The van der Waals surface area contributed by atoms with Gasteiger partial charge in [-0.25, -0.2) is 4.39 Å². The van der Waals surface area contributed by atoms with Crippen LogP contribution in [0.2, 0.25) is 0 Å². The Hall–Kier alpha value is -0.890. The Kier molecular flexibility index (Phi) is 1.63. The van der Waals surface area contributed by atoms with E-state index in [0.29, 0.717) is 0 Å². The van der Waals surface area contributed by atoms with Gasteiger partial charge < -0.3 is 5.11 Å². The van der Waals surface area contributed by atoms with Gasteiger partial charge in [-0.1, -0.05) is 12.1 Å². The fourth-order valence-electron chi connectivity index (χ4n) is 3.50. The molecule has 1 N–H and O–H groups in total. The van der Waals surface area contributed by atoms with Gasteiger partial charge in [-0.05, 0) is 48.8 Å². The molecule has 3 fully saturated rings. The van der Waals surface area contributed by atoms with Crippen molar-refractivity contribution in [1.29, 1.82) is 0 Å². The van der Waals surface area contributed by atoms with E-state index in [9.17, 15) is 4.39 Å². The van der Waals surface area contributed by atoms with E-state index < -0.39 is 0 Å². The van der Waals surface area contributed by atoms with E-state index in [-0.39, 0.29) is 23.3 Å². The van der Waals surface area contributed by atoms with E-state index in [1.807, 2.05) is 19.1 Å². The van der Waals surface area contributed by atoms with Crippen LogP contribution in [-0.2, 0) is 5.41 Å². The molecule has 0 aromatic heterocycles. The Balaban J connectivity index is 1.91. The molecule has 0 spiro atoms. The fraction of sp³-hybridized carbons (Fsp3) is 0.538. The molecule has 1 aromatic carbocycles. The zero-order valence-corrected chi connectivity index (χ0v) is 8.89. The van der Waals surface area contributed by atoms with Crippen LogP contribution < -0.4 is 0 Å². The average molecular weight is 206 g/mol. The van der Waals surface area contributed by atoms with Crippen LogP contribution in [0.5, 0.6) is 0 Å². The van der Waals surface area contributed by atoms with Crippen molar-refractivity contribution in [1.82, 2.24) is 0 Å². The first kappa shape index (κ1) is 9.34. The van der Waals surface area contributed by atoms with Crippen molar-refractivity contribution >= 4 is 0 Å². The molecule has 0 amide bonds. The summed E-state index contributed by atoms with van der Waals surface area (Å²) >= 11 is 0. The van der Waals surface area contributed by atoms with Crippen LogP contribution in [-0.4, -0.2) is 11.7 Å². The van der Waals surface area contributed by atoms with Gasteiger partial charge in [-0.15, -0.1) is 0 Å². The summed E-state index contributed by atoms with van der Waals surface area (Å²) in [6, 6.07) is 5.51. The average Bonchev–Trinajstić information content (AvgIpc) is 2.04. The minimum Gasteiger partial charge on any atom is -0.396 e. The minimum atomic E-state index is -0.0683. The third-order valence-corrected chi connectivity index (χ3v) is 4.17. The molecular formula is C13H15FO. The molecule has 3 aliphatic carbocycles. The van der Waals surface area contributed by atoms with E-state index in [2.05, 4.69) is 0 Å². The maximum atomic E-state index is 13.8. The van der Waals surface area contributed by atoms with Crippen LogP contribution in [0.4, 0.5) is 4.39 Å². The molecule has 15 heavy (non-hydrogen) atoms. The number of aliphatic hydroxyl groups excluding tert-OH is 1. The van der Waals surface area contributed by atoms with Crippen molar-refractivity contribution in [3.8, 4) is 0 Å². The van der Waals surface area contributed by atoms with Crippen molar-refractivity contribution in [2.24, 2.45) is 5.41 Å². The lowest BCUT2D eigenvalue weighted by molar-refractivity contribution is -0.169. The van der Waals surface area contributed by atoms with Crippen LogP contribution in [0, 0.1) is 18.2 Å². The van der Waals surface area contributed by atoms with Gasteiger partial charge in [0.15, 0.2) is 0 Å². The molecule has 2 heteroatoms. The summed E-state index contributed by atoms with van der Waals surface area (Å²) in [5.41, 5.74) is 2.06. The lowest BCUT2D eigenvalue weighted by Crippen LogP contribution is -2.66. The van der Waals surface area contributed by atoms with Crippen molar-refractivity contribution in [3.05, 3.63) is 35.1 Å². The molecule has 0 heterocycles.